The molecule has 0 heterocycles. The summed E-state index contributed by atoms with van der Waals surface area (Å²) >= 11 is 4.21. The van der Waals surface area contributed by atoms with E-state index in [0.29, 0.717) is 30.7 Å². The van der Waals surface area contributed by atoms with Gasteiger partial charge in [-0.2, -0.15) is 12.6 Å². The van der Waals surface area contributed by atoms with Crippen molar-refractivity contribution < 1.29 is 13.9 Å². The van der Waals surface area contributed by atoms with Gasteiger partial charge in [-0.15, -0.1) is 0 Å². The number of aliphatic hydroxyl groups is 1. The lowest BCUT2D eigenvalue weighted by Crippen LogP contribution is -2.37. The lowest BCUT2D eigenvalue weighted by Gasteiger charge is -2.27. The third-order valence-corrected chi connectivity index (χ3v) is 2.95. The van der Waals surface area contributed by atoms with Crippen molar-refractivity contribution in [2.75, 3.05) is 32.0 Å². The van der Waals surface area contributed by atoms with Crippen LogP contribution >= 0.6 is 12.6 Å². The van der Waals surface area contributed by atoms with Crippen LogP contribution in [-0.2, 0) is 0 Å². The van der Waals surface area contributed by atoms with Crippen LogP contribution in [0, 0.1) is 11.8 Å². The van der Waals surface area contributed by atoms with Crippen molar-refractivity contribution in [3.05, 3.63) is 0 Å². The first-order valence-electron chi connectivity index (χ1n) is 5.23. The average molecular weight is 241 g/mol. The van der Waals surface area contributed by atoms with E-state index in [-0.39, 0.29) is 13.2 Å². The number of thiol groups is 1. The van der Waals surface area contributed by atoms with E-state index in [2.05, 4.69) is 26.5 Å². The molecule has 0 rings (SSSR count). The maximum atomic E-state index is 12.2. The molecule has 0 aromatic carbocycles. The maximum absolute atomic E-state index is 12.2. The Balaban J connectivity index is 4.11. The fourth-order valence-corrected chi connectivity index (χ4v) is 1.94. The molecule has 1 unspecified atom stereocenters. The van der Waals surface area contributed by atoms with Crippen molar-refractivity contribution in [2.45, 2.75) is 20.3 Å². The highest BCUT2D eigenvalue weighted by Gasteiger charge is 2.18. The number of aliphatic hydroxyl groups excluding tert-OH is 1. The molecule has 2 nitrogen and oxygen atoms in total. The van der Waals surface area contributed by atoms with E-state index in [1.807, 2.05) is 0 Å². The molecule has 0 saturated carbocycles. The van der Waals surface area contributed by atoms with Crippen LogP contribution < -0.4 is 0 Å². The van der Waals surface area contributed by atoms with Gasteiger partial charge in [0.25, 0.3) is 6.43 Å². The van der Waals surface area contributed by atoms with E-state index in [9.17, 15) is 8.78 Å². The molecule has 0 saturated heterocycles. The first-order valence-corrected chi connectivity index (χ1v) is 5.86. The van der Waals surface area contributed by atoms with Gasteiger partial charge in [-0.25, -0.2) is 8.78 Å². The number of halogens is 2. The minimum atomic E-state index is -2.34. The molecule has 0 spiro atoms. The Morgan fingerprint density at radius 3 is 2.20 bits per heavy atom. The standard InChI is InChI=1S/C10H21F2NOS/c1-8(2)9(7-15)5-13(3-4-14)6-10(11)12/h8-10,14-15H,3-7H2,1-2H3. The number of rotatable bonds is 8. The van der Waals surface area contributed by atoms with Gasteiger partial charge in [-0.3, -0.25) is 4.90 Å². The molecule has 92 valence electrons. The number of hydrogen-bond donors (Lipinski definition) is 2. The van der Waals surface area contributed by atoms with Gasteiger partial charge in [0.2, 0.25) is 0 Å². The molecular formula is C10H21F2NOS. The molecule has 1 atom stereocenters. The molecule has 0 fully saturated rings. The normalized spacial score (nSPS) is 14.2. The number of nitrogens with zero attached hydrogens (tertiary/aromatic N) is 1. The van der Waals surface area contributed by atoms with Gasteiger partial charge in [0.15, 0.2) is 0 Å². The minimum absolute atomic E-state index is 0.0793. The summed E-state index contributed by atoms with van der Waals surface area (Å²) in [6, 6.07) is 0. The molecule has 0 aromatic rings. The Hall–Kier alpha value is 0.130. The largest absolute Gasteiger partial charge is 0.395 e. The highest BCUT2D eigenvalue weighted by Crippen LogP contribution is 2.14. The quantitative estimate of drug-likeness (QED) is 0.632. The second-order valence-corrected chi connectivity index (χ2v) is 4.43. The highest BCUT2D eigenvalue weighted by molar-refractivity contribution is 7.80. The molecule has 0 aromatic heterocycles. The maximum Gasteiger partial charge on any atom is 0.251 e. The molecule has 0 aliphatic rings. The van der Waals surface area contributed by atoms with Gasteiger partial charge in [0.1, 0.15) is 0 Å². The smallest absolute Gasteiger partial charge is 0.251 e. The van der Waals surface area contributed by atoms with Crippen LogP contribution in [0.3, 0.4) is 0 Å². The Morgan fingerprint density at radius 1 is 1.27 bits per heavy atom. The molecular weight excluding hydrogens is 220 g/mol. The summed E-state index contributed by atoms with van der Waals surface area (Å²) in [6.45, 7) is 4.65. The van der Waals surface area contributed by atoms with Gasteiger partial charge in [-0.1, -0.05) is 13.8 Å². The van der Waals surface area contributed by atoms with Crippen LogP contribution in [0.25, 0.3) is 0 Å². The first kappa shape index (κ1) is 15.1. The number of hydrogen-bond acceptors (Lipinski definition) is 3. The van der Waals surface area contributed by atoms with E-state index in [0.717, 1.165) is 0 Å². The molecule has 0 radical (unpaired) electrons. The number of alkyl halides is 2. The van der Waals surface area contributed by atoms with Crippen molar-refractivity contribution in [1.82, 2.24) is 4.90 Å². The summed E-state index contributed by atoms with van der Waals surface area (Å²) in [6.07, 6.45) is -2.34. The second kappa shape index (κ2) is 8.30. The third-order valence-electron chi connectivity index (χ3n) is 2.48. The zero-order chi connectivity index (χ0) is 11.8. The second-order valence-electron chi connectivity index (χ2n) is 4.06. The van der Waals surface area contributed by atoms with E-state index in [1.54, 1.807) is 4.90 Å². The lowest BCUT2D eigenvalue weighted by molar-refractivity contribution is 0.0676. The summed E-state index contributed by atoms with van der Waals surface area (Å²) in [4.78, 5) is 1.60. The van der Waals surface area contributed by atoms with Crippen LogP contribution in [0.2, 0.25) is 0 Å². The summed E-state index contributed by atoms with van der Waals surface area (Å²) in [7, 11) is 0. The van der Waals surface area contributed by atoms with Crippen LogP contribution in [0.4, 0.5) is 8.78 Å². The molecule has 1 N–H and O–H groups in total. The van der Waals surface area contributed by atoms with E-state index in [1.165, 1.54) is 0 Å². The van der Waals surface area contributed by atoms with E-state index in [4.69, 9.17) is 5.11 Å². The zero-order valence-corrected chi connectivity index (χ0v) is 10.3. The summed E-state index contributed by atoms with van der Waals surface area (Å²) in [5, 5.41) is 8.77. The molecule has 0 aliphatic carbocycles. The van der Waals surface area contributed by atoms with Crippen LogP contribution in [0.5, 0.6) is 0 Å². The summed E-state index contributed by atoms with van der Waals surface area (Å²) < 4.78 is 24.4. The topological polar surface area (TPSA) is 23.5 Å². The van der Waals surface area contributed by atoms with Gasteiger partial charge >= 0.3 is 0 Å². The Labute approximate surface area is 96.1 Å². The van der Waals surface area contributed by atoms with Gasteiger partial charge in [0, 0.05) is 13.1 Å². The molecule has 5 heteroatoms. The lowest BCUT2D eigenvalue weighted by atomic mass is 9.97. The first-order chi connectivity index (χ1) is 7.01. The van der Waals surface area contributed by atoms with E-state index >= 15 is 0 Å². The summed E-state index contributed by atoms with van der Waals surface area (Å²) in [5.74, 6) is 1.39. The van der Waals surface area contributed by atoms with E-state index < -0.39 is 6.43 Å². The van der Waals surface area contributed by atoms with Crippen molar-refractivity contribution in [3.8, 4) is 0 Å². The van der Waals surface area contributed by atoms with Gasteiger partial charge in [0.05, 0.1) is 13.2 Å². The van der Waals surface area contributed by atoms with Crippen LogP contribution in [0.15, 0.2) is 0 Å². The third kappa shape index (κ3) is 7.09. The predicted octanol–water partition coefficient (Wildman–Crippen LogP) is 1.75. The molecule has 0 bridgehead atoms. The van der Waals surface area contributed by atoms with Crippen molar-refractivity contribution in [2.24, 2.45) is 11.8 Å². The average Bonchev–Trinajstić information content (AvgIpc) is 2.12. The fourth-order valence-electron chi connectivity index (χ4n) is 1.40. The van der Waals surface area contributed by atoms with Gasteiger partial charge in [-0.05, 0) is 17.6 Å². The predicted molar refractivity (Wildman–Crippen MR) is 61.7 cm³/mol. The Morgan fingerprint density at radius 2 is 1.87 bits per heavy atom. The molecule has 0 amide bonds. The SMILES string of the molecule is CC(C)C(CS)CN(CCO)CC(F)F. The Kier molecular flexibility index (Phi) is 8.37. The molecule has 0 aliphatic heterocycles. The van der Waals surface area contributed by atoms with Crippen LogP contribution in [-0.4, -0.2) is 48.4 Å². The Bertz CT molecular complexity index is 158. The summed E-state index contributed by atoms with van der Waals surface area (Å²) in [5.41, 5.74) is 0. The minimum Gasteiger partial charge on any atom is -0.395 e. The molecule has 15 heavy (non-hydrogen) atoms. The monoisotopic (exact) mass is 241 g/mol. The zero-order valence-electron chi connectivity index (χ0n) is 9.37. The van der Waals surface area contributed by atoms with Crippen molar-refractivity contribution in [1.29, 1.82) is 0 Å². The van der Waals surface area contributed by atoms with Crippen molar-refractivity contribution >= 4 is 12.6 Å². The fraction of sp³-hybridized carbons (Fsp3) is 1.00. The van der Waals surface area contributed by atoms with Gasteiger partial charge < -0.3 is 5.11 Å². The highest BCUT2D eigenvalue weighted by atomic mass is 32.1. The van der Waals surface area contributed by atoms with Crippen LogP contribution in [0.1, 0.15) is 13.8 Å². The van der Waals surface area contributed by atoms with Crippen molar-refractivity contribution in [3.63, 3.8) is 0 Å².